The summed E-state index contributed by atoms with van der Waals surface area (Å²) in [5.41, 5.74) is 3.89. The van der Waals surface area contributed by atoms with E-state index in [9.17, 15) is 23.6 Å². The zero-order valence-corrected chi connectivity index (χ0v) is 18.3. The summed E-state index contributed by atoms with van der Waals surface area (Å²) in [6.07, 6.45) is 1.11. The summed E-state index contributed by atoms with van der Waals surface area (Å²) < 4.78 is 24.6. The average Bonchev–Trinajstić information content (AvgIpc) is 3.15. The molecule has 2 amide bonds. The molecule has 0 spiro atoms. The molecule has 1 aromatic rings. The molecule has 3 rings (SSSR count). The van der Waals surface area contributed by atoms with Crippen molar-refractivity contribution in [3.05, 3.63) is 35.8 Å². The third-order valence-corrected chi connectivity index (χ3v) is 4.93. The summed E-state index contributed by atoms with van der Waals surface area (Å²) in [5.74, 6) is -2.05. The molecule has 0 bridgehead atoms. The largest absolute Gasteiger partial charge is 0.454 e. The molecule has 0 aliphatic carbocycles. The molecule has 33 heavy (non-hydrogen) atoms. The minimum atomic E-state index is -0.741. The van der Waals surface area contributed by atoms with E-state index in [4.69, 9.17) is 9.57 Å². The maximum absolute atomic E-state index is 14.8. The SMILES string of the molecule is CC(=O)NCC1CN(c2ccc(N3CC=C(NOC(=O)COC(C)=O)CC3)c(F)c2)C(=O)O1. The van der Waals surface area contributed by atoms with Crippen LogP contribution < -0.4 is 20.6 Å². The van der Waals surface area contributed by atoms with E-state index in [1.807, 2.05) is 0 Å². The number of hydroxylamine groups is 1. The Morgan fingerprint density at radius 3 is 2.70 bits per heavy atom. The summed E-state index contributed by atoms with van der Waals surface area (Å²) in [7, 11) is 0. The first-order valence-corrected chi connectivity index (χ1v) is 10.3. The Balaban J connectivity index is 1.54. The molecular weight excluding hydrogens is 439 g/mol. The van der Waals surface area contributed by atoms with Crippen LogP contribution in [0.15, 0.2) is 30.0 Å². The van der Waals surface area contributed by atoms with E-state index in [0.29, 0.717) is 36.6 Å². The van der Waals surface area contributed by atoms with Crippen LogP contribution in [0, 0.1) is 5.82 Å². The lowest BCUT2D eigenvalue weighted by Crippen LogP contribution is -2.34. The van der Waals surface area contributed by atoms with E-state index in [2.05, 4.69) is 15.5 Å². The Hall–Kier alpha value is -3.83. The number of amides is 2. The molecule has 1 aromatic carbocycles. The fraction of sp³-hybridized carbons (Fsp3) is 0.429. The van der Waals surface area contributed by atoms with Gasteiger partial charge < -0.3 is 24.5 Å². The van der Waals surface area contributed by atoms with Crippen molar-refractivity contribution in [2.75, 3.05) is 42.6 Å². The molecule has 178 valence electrons. The van der Waals surface area contributed by atoms with E-state index in [-0.39, 0.29) is 19.0 Å². The number of cyclic esters (lactones) is 1. The van der Waals surface area contributed by atoms with Gasteiger partial charge in [0.25, 0.3) is 0 Å². The van der Waals surface area contributed by atoms with Crippen LogP contribution in [-0.2, 0) is 28.7 Å². The van der Waals surface area contributed by atoms with Crippen molar-refractivity contribution >= 4 is 35.3 Å². The van der Waals surface area contributed by atoms with Crippen LogP contribution in [0.3, 0.4) is 0 Å². The van der Waals surface area contributed by atoms with Gasteiger partial charge in [0.2, 0.25) is 5.91 Å². The molecule has 1 atom stereocenters. The summed E-state index contributed by atoms with van der Waals surface area (Å²) >= 11 is 0. The fourth-order valence-electron chi connectivity index (χ4n) is 3.31. The number of esters is 1. The van der Waals surface area contributed by atoms with E-state index < -0.39 is 36.6 Å². The predicted molar refractivity (Wildman–Crippen MR) is 113 cm³/mol. The zero-order valence-electron chi connectivity index (χ0n) is 18.3. The highest BCUT2D eigenvalue weighted by Crippen LogP contribution is 2.29. The van der Waals surface area contributed by atoms with Crippen molar-refractivity contribution in [2.24, 2.45) is 0 Å². The second-order valence-corrected chi connectivity index (χ2v) is 7.47. The normalized spacial score (nSPS) is 17.7. The Morgan fingerprint density at radius 2 is 2.06 bits per heavy atom. The lowest BCUT2D eigenvalue weighted by atomic mass is 10.1. The van der Waals surface area contributed by atoms with Crippen LogP contribution in [-0.4, -0.2) is 62.8 Å². The molecule has 12 heteroatoms. The van der Waals surface area contributed by atoms with E-state index in [1.54, 1.807) is 23.1 Å². The molecule has 1 unspecified atom stereocenters. The Bertz CT molecular complexity index is 968. The van der Waals surface area contributed by atoms with Crippen molar-refractivity contribution in [2.45, 2.75) is 26.4 Å². The number of ether oxygens (including phenoxy) is 2. The molecule has 0 radical (unpaired) electrons. The van der Waals surface area contributed by atoms with Crippen LogP contribution in [0.4, 0.5) is 20.6 Å². The van der Waals surface area contributed by atoms with Crippen molar-refractivity contribution in [1.29, 1.82) is 0 Å². The fourth-order valence-corrected chi connectivity index (χ4v) is 3.31. The topological polar surface area (TPSA) is 127 Å². The first-order chi connectivity index (χ1) is 15.7. The molecule has 0 aromatic heterocycles. The molecule has 2 N–H and O–H groups in total. The maximum Gasteiger partial charge on any atom is 0.414 e. The summed E-state index contributed by atoms with van der Waals surface area (Å²) in [5, 5.41) is 2.59. The van der Waals surface area contributed by atoms with Crippen molar-refractivity contribution in [3.63, 3.8) is 0 Å². The van der Waals surface area contributed by atoms with Gasteiger partial charge in [0, 0.05) is 39.1 Å². The first-order valence-electron chi connectivity index (χ1n) is 10.3. The third kappa shape index (κ3) is 6.57. The smallest absolute Gasteiger partial charge is 0.414 e. The number of hydrogen-bond donors (Lipinski definition) is 2. The number of halogens is 1. The Labute approximate surface area is 189 Å². The van der Waals surface area contributed by atoms with Crippen LogP contribution in [0.2, 0.25) is 0 Å². The van der Waals surface area contributed by atoms with Gasteiger partial charge in [-0.15, -0.1) is 0 Å². The van der Waals surface area contributed by atoms with Crippen molar-refractivity contribution in [3.8, 4) is 0 Å². The minimum Gasteiger partial charge on any atom is -0.454 e. The van der Waals surface area contributed by atoms with Gasteiger partial charge in [-0.1, -0.05) is 0 Å². The number of hydrogen-bond acceptors (Lipinski definition) is 9. The monoisotopic (exact) mass is 464 g/mol. The van der Waals surface area contributed by atoms with Crippen LogP contribution in [0.25, 0.3) is 0 Å². The van der Waals surface area contributed by atoms with E-state index >= 15 is 0 Å². The molecule has 0 saturated carbocycles. The third-order valence-electron chi connectivity index (χ3n) is 4.93. The maximum atomic E-state index is 14.8. The second kappa shape index (κ2) is 10.7. The molecule has 2 aliphatic rings. The number of rotatable bonds is 8. The number of nitrogens with zero attached hydrogens (tertiary/aromatic N) is 2. The summed E-state index contributed by atoms with van der Waals surface area (Å²) in [6, 6.07) is 4.49. The lowest BCUT2D eigenvalue weighted by molar-refractivity contribution is -0.161. The average molecular weight is 464 g/mol. The Kier molecular flexibility index (Phi) is 7.70. The highest BCUT2D eigenvalue weighted by atomic mass is 19.1. The number of nitrogens with one attached hydrogen (secondary N) is 2. The quantitative estimate of drug-likeness (QED) is 0.329. The molecule has 2 heterocycles. The molecule has 1 saturated heterocycles. The van der Waals surface area contributed by atoms with Gasteiger partial charge in [-0.2, -0.15) is 0 Å². The van der Waals surface area contributed by atoms with Gasteiger partial charge in [-0.25, -0.2) is 19.5 Å². The van der Waals surface area contributed by atoms with Gasteiger partial charge in [0.1, 0.15) is 11.9 Å². The van der Waals surface area contributed by atoms with Gasteiger partial charge in [0.15, 0.2) is 6.61 Å². The van der Waals surface area contributed by atoms with Gasteiger partial charge in [-0.05, 0) is 24.3 Å². The second-order valence-electron chi connectivity index (χ2n) is 7.47. The van der Waals surface area contributed by atoms with Crippen molar-refractivity contribution in [1.82, 2.24) is 10.8 Å². The summed E-state index contributed by atoms with van der Waals surface area (Å²) in [4.78, 5) is 53.3. The number of carbonyl (C=O) groups excluding carboxylic acids is 4. The van der Waals surface area contributed by atoms with Gasteiger partial charge in [-0.3, -0.25) is 14.5 Å². The Morgan fingerprint density at radius 1 is 1.27 bits per heavy atom. The number of benzene rings is 1. The minimum absolute atomic E-state index is 0.188. The molecule has 2 aliphatic heterocycles. The predicted octanol–water partition coefficient (Wildman–Crippen LogP) is 0.992. The van der Waals surface area contributed by atoms with Crippen LogP contribution in [0.5, 0.6) is 0 Å². The standard InChI is InChI=1S/C21H25FN4O7/c1-13(27)23-10-17-11-26(21(30)32-17)16-3-4-19(18(22)9-16)25-7-5-15(6-8-25)24-33-20(29)12-31-14(2)28/h3-5,9,17,24H,6-8,10-12H2,1-2H3,(H,23,27). The van der Waals surface area contributed by atoms with Crippen LogP contribution >= 0.6 is 0 Å². The highest BCUT2D eigenvalue weighted by Gasteiger charge is 2.33. The number of anilines is 2. The molecular formula is C21H25FN4O7. The molecule has 1 fully saturated rings. The highest BCUT2D eigenvalue weighted by molar-refractivity contribution is 5.90. The number of carbonyl (C=O) groups is 4. The van der Waals surface area contributed by atoms with Gasteiger partial charge >= 0.3 is 18.0 Å². The first kappa shape index (κ1) is 23.8. The van der Waals surface area contributed by atoms with Crippen LogP contribution in [0.1, 0.15) is 20.3 Å². The van der Waals surface area contributed by atoms with Gasteiger partial charge in [0.05, 0.1) is 24.5 Å². The van der Waals surface area contributed by atoms with Crippen molar-refractivity contribution < 1.29 is 37.9 Å². The lowest BCUT2D eigenvalue weighted by Gasteiger charge is -2.29. The molecule has 11 nitrogen and oxygen atoms in total. The zero-order chi connectivity index (χ0) is 24.0. The van der Waals surface area contributed by atoms with E-state index in [0.717, 1.165) is 0 Å². The van der Waals surface area contributed by atoms with E-state index in [1.165, 1.54) is 24.8 Å². The summed E-state index contributed by atoms with van der Waals surface area (Å²) in [6.45, 7) is 3.29.